The smallest absolute Gasteiger partial charge is 0.337 e. The van der Waals surface area contributed by atoms with Crippen molar-refractivity contribution in [2.75, 3.05) is 30.0 Å². The lowest BCUT2D eigenvalue weighted by atomic mass is 10.2. The van der Waals surface area contributed by atoms with Crippen molar-refractivity contribution < 1.29 is 19.4 Å². The molecule has 0 heterocycles. The van der Waals surface area contributed by atoms with Crippen molar-refractivity contribution >= 4 is 34.7 Å². The molecule has 0 radical (unpaired) electrons. The van der Waals surface area contributed by atoms with Crippen molar-refractivity contribution in [3.05, 3.63) is 47.5 Å². The van der Waals surface area contributed by atoms with E-state index in [0.29, 0.717) is 28.3 Å². The van der Waals surface area contributed by atoms with Crippen LogP contribution < -0.4 is 22.9 Å². The maximum absolute atomic E-state index is 11.0. The molecule has 0 aliphatic carbocycles. The number of aromatic carboxylic acids is 1. The van der Waals surface area contributed by atoms with Crippen LogP contribution in [0.1, 0.15) is 20.7 Å². The van der Waals surface area contributed by atoms with Crippen LogP contribution in [0.3, 0.4) is 0 Å². The molecule has 2 aromatic rings. The third-order valence-electron chi connectivity index (χ3n) is 2.84. The lowest BCUT2D eigenvalue weighted by Gasteiger charge is -2.02. The molecule has 2 rings (SSSR count). The normalized spacial score (nSPS) is 9.43. The Bertz CT molecular complexity index is 731. The summed E-state index contributed by atoms with van der Waals surface area (Å²) in [5.74, 6) is -1.42. The number of carbonyl (C=O) groups excluding carboxylic acids is 1. The van der Waals surface area contributed by atoms with Crippen molar-refractivity contribution in [3.8, 4) is 0 Å². The van der Waals surface area contributed by atoms with Crippen molar-refractivity contribution in [3.63, 3.8) is 0 Å². The number of esters is 1. The number of benzene rings is 2. The molecule has 0 aromatic heterocycles. The van der Waals surface area contributed by atoms with Crippen molar-refractivity contribution in [1.82, 2.24) is 0 Å². The molecule has 0 atom stereocenters. The zero-order chi connectivity index (χ0) is 17.6. The van der Waals surface area contributed by atoms with E-state index in [1.165, 1.54) is 31.4 Å². The number of ether oxygens (including phenoxy) is 1. The van der Waals surface area contributed by atoms with E-state index in [2.05, 4.69) is 4.74 Å². The van der Waals surface area contributed by atoms with Gasteiger partial charge in [0.05, 0.1) is 41.0 Å². The first-order valence-electron chi connectivity index (χ1n) is 6.37. The average Bonchev–Trinajstić information content (AvgIpc) is 2.52. The van der Waals surface area contributed by atoms with Crippen molar-refractivity contribution in [2.45, 2.75) is 0 Å². The Morgan fingerprint density at radius 2 is 1.26 bits per heavy atom. The number of rotatable bonds is 2. The molecule has 0 fully saturated rings. The molecular formula is C15H18N4O4. The van der Waals surface area contributed by atoms with Gasteiger partial charge < -0.3 is 32.8 Å². The first kappa shape index (κ1) is 17.6. The minimum atomic E-state index is -1.00. The van der Waals surface area contributed by atoms with Crippen LogP contribution in [0.25, 0.3) is 0 Å². The Morgan fingerprint density at radius 1 is 0.826 bits per heavy atom. The summed E-state index contributed by atoms with van der Waals surface area (Å²) in [6.07, 6.45) is 0. The first-order chi connectivity index (χ1) is 10.8. The number of hydrogen-bond donors (Lipinski definition) is 5. The second-order valence-corrected chi connectivity index (χ2v) is 4.48. The van der Waals surface area contributed by atoms with Crippen molar-refractivity contribution in [2.24, 2.45) is 0 Å². The Balaban J connectivity index is 0.000000231. The average molecular weight is 318 g/mol. The highest BCUT2D eigenvalue weighted by Crippen LogP contribution is 2.16. The molecule has 9 N–H and O–H groups in total. The van der Waals surface area contributed by atoms with Crippen LogP contribution in [0.5, 0.6) is 0 Å². The van der Waals surface area contributed by atoms with Crippen LogP contribution in [-0.4, -0.2) is 24.2 Å². The molecule has 0 saturated heterocycles. The predicted octanol–water partition coefficient (Wildman–Crippen LogP) is 1.19. The molecule has 0 spiro atoms. The number of nitrogens with two attached hydrogens (primary N) is 4. The monoisotopic (exact) mass is 318 g/mol. The highest BCUT2D eigenvalue weighted by Gasteiger charge is 2.05. The zero-order valence-electron chi connectivity index (χ0n) is 12.4. The van der Waals surface area contributed by atoms with E-state index in [1.807, 2.05) is 0 Å². The lowest BCUT2D eigenvalue weighted by molar-refractivity contribution is 0.0600. The molecule has 0 amide bonds. The molecule has 23 heavy (non-hydrogen) atoms. The number of methoxy groups -OCH3 is 1. The molecule has 8 heteroatoms. The minimum Gasteiger partial charge on any atom is -0.478 e. The summed E-state index contributed by atoms with van der Waals surface area (Å²) in [6.45, 7) is 0. The number of hydrogen-bond acceptors (Lipinski definition) is 7. The van der Waals surface area contributed by atoms with Gasteiger partial charge >= 0.3 is 11.9 Å². The van der Waals surface area contributed by atoms with Gasteiger partial charge in [0, 0.05) is 0 Å². The fraction of sp³-hybridized carbons (Fsp3) is 0.0667. The van der Waals surface area contributed by atoms with Crippen LogP contribution in [0.4, 0.5) is 22.7 Å². The Kier molecular flexibility index (Phi) is 5.79. The number of anilines is 4. The van der Waals surface area contributed by atoms with E-state index >= 15 is 0 Å². The predicted molar refractivity (Wildman–Crippen MR) is 88.8 cm³/mol. The summed E-state index contributed by atoms with van der Waals surface area (Å²) in [4.78, 5) is 21.3. The second kappa shape index (κ2) is 7.55. The van der Waals surface area contributed by atoms with E-state index in [-0.39, 0.29) is 5.56 Å². The van der Waals surface area contributed by atoms with Gasteiger partial charge in [0.1, 0.15) is 0 Å². The topological polar surface area (TPSA) is 168 Å². The van der Waals surface area contributed by atoms with Gasteiger partial charge in [-0.1, -0.05) is 0 Å². The highest BCUT2D eigenvalue weighted by molar-refractivity contribution is 5.91. The fourth-order valence-electron chi connectivity index (χ4n) is 1.53. The molecule has 0 unspecified atom stereocenters. The summed E-state index contributed by atoms with van der Waals surface area (Å²) < 4.78 is 4.50. The lowest BCUT2D eigenvalue weighted by Crippen LogP contribution is -2.03. The number of carbonyl (C=O) groups is 2. The van der Waals surface area contributed by atoms with Gasteiger partial charge in [-0.05, 0) is 36.4 Å². The van der Waals surface area contributed by atoms with Gasteiger partial charge in [-0.15, -0.1) is 0 Å². The maximum Gasteiger partial charge on any atom is 0.337 e. The molecule has 8 nitrogen and oxygen atoms in total. The third-order valence-corrected chi connectivity index (χ3v) is 2.84. The molecule has 0 aliphatic heterocycles. The number of carboxylic acid groups (broad SMARTS) is 1. The summed E-state index contributed by atoms with van der Waals surface area (Å²) in [5.41, 5.74) is 23.8. The van der Waals surface area contributed by atoms with Crippen LogP contribution in [0, 0.1) is 0 Å². The highest BCUT2D eigenvalue weighted by atomic mass is 16.5. The summed E-state index contributed by atoms with van der Waals surface area (Å²) >= 11 is 0. The van der Waals surface area contributed by atoms with Gasteiger partial charge in [0.2, 0.25) is 0 Å². The van der Waals surface area contributed by atoms with Crippen LogP contribution in [0.2, 0.25) is 0 Å². The number of carboxylic acids is 1. The molecule has 0 bridgehead atoms. The van der Waals surface area contributed by atoms with Crippen molar-refractivity contribution in [1.29, 1.82) is 0 Å². The Morgan fingerprint density at radius 3 is 1.65 bits per heavy atom. The van der Waals surface area contributed by atoms with E-state index in [0.717, 1.165) is 0 Å². The van der Waals surface area contributed by atoms with E-state index in [4.69, 9.17) is 28.0 Å². The molecule has 2 aromatic carbocycles. The number of nitrogen functional groups attached to an aromatic ring is 4. The van der Waals surface area contributed by atoms with E-state index in [1.54, 1.807) is 12.1 Å². The molecule has 122 valence electrons. The third kappa shape index (κ3) is 4.81. The molecule has 0 aliphatic rings. The Labute approximate surface area is 132 Å². The standard InChI is InChI=1S/C8H10N2O2.C7H8N2O2/c1-12-8(11)5-2-3-6(9)7(10)4-5;8-5-2-1-4(7(10)11)3-6(5)9/h2-4H,9-10H2,1H3;1-3H,8-9H2,(H,10,11). The largest absolute Gasteiger partial charge is 0.478 e. The van der Waals surface area contributed by atoms with Gasteiger partial charge in [-0.2, -0.15) is 0 Å². The van der Waals surface area contributed by atoms with Gasteiger partial charge in [-0.3, -0.25) is 0 Å². The zero-order valence-corrected chi connectivity index (χ0v) is 12.4. The van der Waals surface area contributed by atoms with E-state index < -0.39 is 11.9 Å². The first-order valence-corrected chi connectivity index (χ1v) is 6.37. The van der Waals surface area contributed by atoms with E-state index in [9.17, 15) is 9.59 Å². The fourth-order valence-corrected chi connectivity index (χ4v) is 1.53. The summed E-state index contributed by atoms with van der Waals surface area (Å²) in [5, 5.41) is 8.50. The summed E-state index contributed by atoms with van der Waals surface area (Å²) in [7, 11) is 1.31. The SMILES string of the molecule is COC(=O)c1ccc(N)c(N)c1.Nc1ccc(C(=O)O)cc1N. The second-order valence-electron chi connectivity index (χ2n) is 4.48. The molecule has 0 saturated carbocycles. The Hall–Kier alpha value is -3.42. The maximum atomic E-state index is 11.0. The quantitative estimate of drug-likeness (QED) is 0.406. The van der Waals surface area contributed by atoms with Crippen LogP contribution in [-0.2, 0) is 4.74 Å². The molecular weight excluding hydrogens is 300 g/mol. The van der Waals surface area contributed by atoms with Gasteiger partial charge in [-0.25, -0.2) is 9.59 Å². The van der Waals surface area contributed by atoms with Crippen LogP contribution in [0.15, 0.2) is 36.4 Å². The van der Waals surface area contributed by atoms with Gasteiger partial charge in [0.15, 0.2) is 0 Å². The summed E-state index contributed by atoms with van der Waals surface area (Å²) in [6, 6.07) is 8.84. The van der Waals surface area contributed by atoms with Crippen LogP contribution >= 0.6 is 0 Å². The van der Waals surface area contributed by atoms with Gasteiger partial charge in [0.25, 0.3) is 0 Å². The minimum absolute atomic E-state index is 0.150.